The van der Waals surface area contributed by atoms with Gasteiger partial charge in [-0.1, -0.05) is 10.3 Å². The van der Waals surface area contributed by atoms with Gasteiger partial charge in [0.15, 0.2) is 5.82 Å². The zero-order chi connectivity index (χ0) is 14.1. The molecule has 3 rings (SSSR count). The summed E-state index contributed by atoms with van der Waals surface area (Å²) in [5.41, 5.74) is 3.76. The SMILES string of the molecule is Cc1cnccc1-c1nc(Cc2c(C)noc2C)no1. The average molecular weight is 270 g/mol. The summed E-state index contributed by atoms with van der Waals surface area (Å²) in [5.74, 6) is 1.91. The zero-order valence-corrected chi connectivity index (χ0v) is 11.5. The molecule has 3 heterocycles. The Morgan fingerprint density at radius 2 is 1.95 bits per heavy atom. The van der Waals surface area contributed by atoms with E-state index < -0.39 is 0 Å². The lowest BCUT2D eigenvalue weighted by atomic mass is 10.1. The monoisotopic (exact) mass is 270 g/mol. The topological polar surface area (TPSA) is 77.8 Å². The third-order valence-corrected chi connectivity index (χ3v) is 3.23. The Kier molecular flexibility index (Phi) is 3.06. The lowest BCUT2D eigenvalue weighted by Crippen LogP contribution is -1.94. The molecule has 0 fully saturated rings. The average Bonchev–Trinajstić information content (AvgIpc) is 3.02. The normalized spacial score (nSPS) is 10.9. The Balaban J connectivity index is 1.90. The van der Waals surface area contributed by atoms with Gasteiger partial charge in [-0.05, 0) is 32.4 Å². The van der Waals surface area contributed by atoms with Crippen molar-refractivity contribution in [2.24, 2.45) is 0 Å². The lowest BCUT2D eigenvalue weighted by molar-refractivity contribution is 0.392. The van der Waals surface area contributed by atoms with Crippen LogP contribution in [0.15, 0.2) is 27.5 Å². The zero-order valence-electron chi connectivity index (χ0n) is 11.5. The molecule has 6 heteroatoms. The van der Waals surface area contributed by atoms with Crippen LogP contribution in [0.2, 0.25) is 0 Å². The highest BCUT2D eigenvalue weighted by molar-refractivity contribution is 5.56. The Morgan fingerprint density at radius 1 is 1.10 bits per heavy atom. The molecule has 3 aromatic rings. The molecule has 102 valence electrons. The highest BCUT2D eigenvalue weighted by atomic mass is 16.5. The minimum atomic E-state index is 0.506. The second kappa shape index (κ2) is 4.88. The van der Waals surface area contributed by atoms with Crippen LogP contribution in [-0.2, 0) is 6.42 Å². The van der Waals surface area contributed by atoms with Gasteiger partial charge < -0.3 is 9.05 Å². The molecule has 3 aromatic heterocycles. The van der Waals surface area contributed by atoms with E-state index in [4.69, 9.17) is 9.05 Å². The first-order valence-corrected chi connectivity index (χ1v) is 6.30. The van der Waals surface area contributed by atoms with Crippen LogP contribution in [0, 0.1) is 20.8 Å². The highest BCUT2D eigenvalue weighted by Crippen LogP contribution is 2.22. The summed E-state index contributed by atoms with van der Waals surface area (Å²) in [7, 11) is 0. The smallest absolute Gasteiger partial charge is 0.258 e. The summed E-state index contributed by atoms with van der Waals surface area (Å²) < 4.78 is 10.5. The fourth-order valence-corrected chi connectivity index (χ4v) is 2.06. The molecule has 0 aliphatic carbocycles. The number of aryl methyl sites for hydroxylation is 3. The van der Waals surface area contributed by atoms with Crippen LogP contribution in [0.1, 0.15) is 28.4 Å². The second-order valence-corrected chi connectivity index (χ2v) is 4.69. The number of hydrogen-bond donors (Lipinski definition) is 0. The quantitative estimate of drug-likeness (QED) is 0.728. The number of hydrogen-bond acceptors (Lipinski definition) is 6. The predicted molar refractivity (Wildman–Crippen MR) is 71.0 cm³/mol. The Labute approximate surface area is 115 Å². The molecule has 0 spiro atoms. The van der Waals surface area contributed by atoms with Crippen molar-refractivity contribution in [3.8, 4) is 11.5 Å². The van der Waals surface area contributed by atoms with Gasteiger partial charge in [0.25, 0.3) is 5.89 Å². The van der Waals surface area contributed by atoms with E-state index >= 15 is 0 Å². The molecule has 0 radical (unpaired) electrons. The summed E-state index contributed by atoms with van der Waals surface area (Å²) in [6.07, 6.45) is 4.03. The van der Waals surface area contributed by atoms with Gasteiger partial charge in [0.05, 0.1) is 5.69 Å². The summed E-state index contributed by atoms with van der Waals surface area (Å²) in [6, 6.07) is 1.86. The molecule has 20 heavy (non-hydrogen) atoms. The number of pyridine rings is 1. The molecule has 0 saturated carbocycles. The van der Waals surface area contributed by atoms with Crippen molar-refractivity contribution >= 4 is 0 Å². The van der Waals surface area contributed by atoms with E-state index in [9.17, 15) is 0 Å². The molecule has 0 aliphatic heterocycles. The van der Waals surface area contributed by atoms with Gasteiger partial charge in [0.1, 0.15) is 5.76 Å². The molecular formula is C14H14N4O2. The van der Waals surface area contributed by atoms with Crippen molar-refractivity contribution in [3.63, 3.8) is 0 Å². The van der Waals surface area contributed by atoms with Gasteiger partial charge in [0.2, 0.25) is 0 Å². The maximum atomic E-state index is 5.32. The first-order chi connectivity index (χ1) is 9.65. The predicted octanol–water partition coefficient (Wildman–Crippen LogP) is 2.64. The summed E-state index contributed by atoms with van der Waals surface area (Å²) in [5, 5.41) is 7.94. The maximum absolute atomic E-state index is 5.32. The number of rotatable bonds is 3. The van der Waals surface area contributed by atoms with Gasteiger partial charge in [-0.25, -0.2) is 0 Å². The first-order valence-electron chi connectivity index (χ1n) is 6.30. The van der Waals surface area contributed by atoms with E-state index in [1.807, 2.05) is 26.8 Å². The molecule has 0 unspecified atom stereocenters. The summed E-state index contributed by atoms with van der Waals surface area (Å²) in [4.78, 5) is 8.47. The molecule has 0 aromatic carbocycles. The number of nitrogens with zero attached hydrogens (tertiary/aromatic N) is 4. The Morgan fingerprint density at radius 3 is 2.65 bits per heavy atom. The van der Waals surface area contributed by atoms with Gasteiger partial charge in [-0.3, -0.25) is 4.98 Å². The largest absolute Gasteiger partial charge is 0.361 e. The van der Waals surface area contributed by atoms with Gasteiger partial charge in [-0.15, -0.1) is 0 Å². The van der Waals surface area contributed by atoms with Crippen LogP contribution in [0.4, 0.5) is 0 Å². The van der Waals surface area contributed by atoms with Crippen LogP contribution < -0.4 is 0 Å². The summed E-state index contributed by atoms with van der Waals surface area (Å²) >= 11 is 0. The van der Waals surface area contributed by atoms with Crippen molar-refractivity contribution in [1.29, 1.82) is 0 Å². The van der Waals surface area contributed by atoms with Crippen molar-refractivity contribution in [2.75, 3.05) is 0 Å². The molecular weight excluding hydrogens is 256 g/mol. The lowest BCUT2D eigenvalue weighted by Gasteiger charge is -1.97. The highest BCUT2D eigenvalue weighted by Gasteiger charge is 2.15. The molecule has 0 N–H and O–H groups in total. The fraction of sp³-hybridized carbons (Fsp3) is 0.286. The van der Waals surface area contributed by atoms with Crippen LogP contribution in [0.5, 0.6) is 0 Å². The van der Waals surface area contributed by atoms with Crippen molar-refractivity contribution < 1.29 is 9.05 Å². The van der Waals surface area contributed by atoms with Gasteiger partial charge >= 0.3 is 0 Å². The summed E-state index contributed by atoms with van der Waals surface area (Å²) in [6.45, 7) is 5.74. The van der Waals surface area contributed by atoms with E-state index in [0.29, 0.717) is 18.1 Å². The standard InChI is InChI=1S/C14H14N4O2/c1-8-7-15-5-4-11(8)14-16-13(18-20-14)6-12-9(2)17-19-10(12)3/h4-5,7H,6H2,1-3H3. The number of aromatic nitrogens is 4. The Hall–Kier alpha value is -2.50. The third kappa shape index (κ3) is 2.20. The van der Waals surface area contributed by atoms with Crippen molar-refractivity contribution in [3.05, 3.63) is 46.9 Å². The van der Waals surface area contributed by atoms with E-state index in [-0.39, 0.29) is 0 Å². The molecule has 0 aliphatic rings. The van der Waals surface area contributed by atoms with E-state index in [2.05, 4.69) is 20.3 Å². The van der Waals surface area contributed by atoms with E-state index in [1.54, 1.807) is 12.4 Å². The minimum Gasteiger partial charge on any atom is -0.361 e. The third-order valence-electron chi connectivity index (χ3n) is 3.23. The molecule has 0 amide bonds. The Bertz CT molecular complexity index is 726. The van der Waals surface area contributed by atoms with Crippen LogP contribution in [-0.4, -0.2) is 20.3 Å². The van der Waals surface area contributed by atoms with Crippen LogP contribution in [0.3, 0.4) is 0 Å². The van der Waals surface area contributed by atoms with Gasteiger partial charge in [0, 0.05) is 29.9 Å². The second-order valence-electron chi connectivity index (χ2n) is 4.69. The van der Waals surface area contributed by atoms with E-state index in [0.717, 1.165) is 28.1 Å². The maximum Gasteiger partial charge on any atom is 0.258 e. The molecule has 0 atom stereocenters. The molecule has 6 nitrogen and oxygen atoms in total. The van der Waals surface area contributed by atoms with Crippen molar-refractivity contribution in [1.82, 2.24) is 20.3 Å². The minimum absolute atomic E-state index is 0.506. The van der Waals surface area contributed by atoms with Crippen LogP contribution in [0.25, 0.3) is 11.5 Å². The molecule has 0 saturated heterocycles. The van der Waals surface area contributed by atoms with Crippen molar-refractivity contribution in [2.45, 2.75) is 27.2 Å². The molecule has 0 bridgehead atoms. The van der Waals surface area contributed by atoms with Gasteiger partial charge in [-0.2, -0.15) is 4.98 Å². The van der Waals surface area contributed by atoms with Crippen LogP contribution >= 0.6 is 0 Å². The van der Waals surface area contributed by atoms with E-state index in [1.165, 1.54) is 0 Å². The first kappa shape index (κ1) is 12.5. The fourth-order valence-electron chi connectivity index (χ4n) is 2.06.